The fourth-order valence-corrected chi connectivity index (χ4v) is 1.68. The van der Waals surface area contributed by atoms with Crippen LogP contribution in [0.2, 0.25) is 0 Å². The number of ether oxygens (including phenoxy) is 1. The molecule has 14 heavy (non-hydrogen) atoms. The highest BCUT2D eigenvalue weighted by molar-refractivity contribution is 5.81. The smallest absolute Gasteiger partial charge is 0.306 e. The number of rotatable bonds is 2. The third kappa shape index (κ3) is 3.90. The Morgan fingerprint density at radius 1 is 1.50 bits per heavy atom. The van der Waals surface area contributed by atoms with Crippen molar-refractivity contribution in [2.75, 3.05) is 0 Å². The van der Waals surface area contributed by atoms with E-state index in [4.69, 9.17) is 4.74 Å². The van der Waals surface area contributed by atoms with E-state index in [0.29, 0.717) is 19.3 Å². The van der Waals surface area contributed by atoms with Crippen molar-refractivity contribution in [3.05, 3.63) is 0 Å². The van der Waals surface area contributed by atoms with Crippen LogP contribution in [0.4, 0.5) is 0 Å². The molecule has 0 radical (unpaired) electrons. The minimum absolute atomic E-state index is 0.183. The monoisotopic (exact) mass is 198 g/mol. The van der Waals surface area contributed by atoms with E-state index in [1.54, 1.807) is 0 Å². The number of esters is 1. The van der Waals surface area contributed by atoms with Crippen molar-refractivity contribution < 1.29 is 14.3 Å². The Hall–Kier alpha value is -0.860. The average molecular weight is 198 g/mol. The van der Waals surface area contributed by atoms with Crippen LogP contribution in [-0.4, -0.2) is 17.4 Å². The summed E-state index contributed by atoms with van der Waals surface area (Å²) in [4.78, 5) is 22.4. The summed E-state index contributed by atoms with van der Waals surface area (Å²) >= 11 is 0. The summed E-state index contributed by atoms with van der Waals surface area (Å²) in [6.07, 6.45) is 2.42. The quantitative estimate of drug-likeness (QED) is 0.638. The van der Waals surface area contributed by atoms with E-state index < -0.39 is 5.60 Å². The molecule has 0 unspecified atom stereocenters. The van der Waals surface area contributed by atoms with Crippen LogP contribution in [0.15, 0.2) is 0 Å². The second-order valence-electron chi connectivity index (χ2n) is 4.94. The van der Waals surface area contributed by atoms with Crippen molar-refractivity contribution in [3.8, 4) is 0 Å². The van der Waals surface area contributed by atoms with Crippen molar-refractivity contribution in [2.45, 2.75) is 52.1 Å². The standard InChI is InChI=1S/C11H18O3/c1-11(2,3)14-10(13)7-8-4-5-9(12)6-8/h8H,4-7H2,1-3H3/t8-/m1/s1. The van der Waals surface area contributed by atoms with E-state index >= 15 is 0 Å². The third-order valence-corrected chi connectivity index (χ3v) is 2.22. The molecular formula is C11H18O3. The number of ketones is 1. The van der Waals surface area contributed by atoms with E-state index in [1.807, 2.05) is 20.8 Å². The highest BCUT2D eigenvalue weighted by Gasteiger charge is 2.26. The topological polar surface area (TPSA) is 43.4 Å². The fraction of sp³-hybridized carbons (Fsp3) is 0.818. The van der Waals surface area contributed by atoms with E-state index in [-0.39, 0.29) is 17.7 Å². The van der Waals surface area contributed by atoms with Crippen LogP contribution in [0.1, 0.15) is 46.5 Å². The largest absolute Gasteiger partial charge is 0.460 e. The molecule has 1 aliphatic rings. The van der Waals surface area contributed by atoms with Crippen LogP contribution in [0.3, 0.4) is 0 Å². The molecule has 0 amide bonds. The van der Waals surface area contributed by atoms with Gasteiger partial charge in [0.25, 0.3) is 0 Å². The van der Waals surface area contributed by atoms with Gasteiger partial charge >= 0.3 is 5.97 Å². The minimum atomic E-state index is -0.417. The molecule has 0 bridgehead atoms. The van der Waals surface area contributed by atoms with Crippen LogP contribution in [0.5, 0.6) is 0 Å². The Balaban J connectivity index is 2.31. The second-order valence-corrected chi connectivity index (χ2v) is 4.94. The van der Waals surface area contributed by atoms with Crippen molar-refractivity contribution in [2.24, 2.45) is 5.92 Å². The number of Topliss-reactive ketones (excluding diaryl/α,β-unsaturated/α-hetero) is 1. The maximum absolute atomic E-state index is 11.4. The van der Waals surface area contributed by atoms with Crippen molar-refractivity contribution >= 4 is 11.8 Å². The van der Waals surface area contributed by atoms with Gasteiger partial charge in [0.1, 0.15) is 11.4 Å². The average Bonchev–Trinajstić information content (AvgIpc) is 2.30. The maximum Gasteiger partial charge on any atom is 0.306 e. The first-order valence-electron chi connectivity index (χ1n) is 5.10. The normalized spacial score (nSPS) is 22.5. The molecule has 1 fully saturated rings. The van der Waals surface area contributed by atoms with E-state index in [0.717, 1.165) is 6.42 Å². The Morgan fingerprint density at radius 2 is 2.14 bits per heavy atom. The third-order valence-electron chi connectivity index (χ3n) is 2.22. The summed E-state index contributed by atoms with van der Waals surface area (Å²) in [5.74, 6) is 0.313. The zero-order valence-electron chi connectivity index (χ0n) is 9.13. The fourth-order valence-electron chi connectivity index (χ4n) is 1.68. The highest BCUT2D eigenvalue weighted by Crippen LogP contribution is 2.26. The number of hydrogen-bond acceptors (Lipinski definition) is 3. The van der Waals surface area contributed by atoms with Crippen molar-refractivity contribution in [1.82, 2.24) is 0 Å². The predicted octanol–water partition coefficient (Wildman–Crippen LogP) is 2.09. The molecular weight excluding hydrogens is 180 g/mol. The summed E-state index contributed by atoms with van der Waals surface area (Å²) in [5.41, 5.74) is -0.417. The maximum atomic E-state index is 11.4. The Labute approximate surface area is 84.8 Å². The Kier molecular flexibility index (Phi) is 3.29. The summed E-state index contributed by atoms with van der Waals surface area (Å²) in [6.45, 7) is 5.56. The molecule has 0 aromatic heterocycles. The lowest BCUT2D eigenvalue weighted by molar-refractivity contribution is -0.155. The van der Waals surface area contributed by atoms with Crippen LogP contribution in [-0.2, 0) is 14.3 Å². The van der Waals surface area contributed by atoms with E-state index in [1.165, 1.54) is 0 Å². The lowest BCUT2D eigenvalue weighted by Gasteiger charge is -2.20. The first-order chi connectivity index (χ1) is 6.37. The van der Waals surface area contributed by atoms with Gasteiger partial charge in [-0.1, -0.05) is 0 Å². The summed E-state index contributed by atoms with van der Waals surface area (Å²) in [7, 11) is 0. The molecule has 3 heteroatoms. The molecule has 0 spiro atoms. The SMILES string of the molecule is CC(C)(C)OC(=O)C[C@@H]1CCC(=O)C1. The zero-order valence-corrected chi connectivity index (χ0v) is 9.13. The molecule has 1 saturated carbocycles. The van der Waals surface area contributed by atoms with Crippen LogP contribution >= 0.6 is 0 Å². The van der Waals surface area contributed by atoms with Crippen molar-refractivity contribution in [1.29, 1.82) is 0 Å². The molecule has 0 aromatic carbocycles. The lowest BCUT2D eigenvalue weighted by atomic mass is 10.0. The Bertz CT molecular complexity index is 237. The van der Waals surface area contributed by atoms with E-state index in [2.05, 4.69) is 0 Å². The van der Waals surface area contributed by atoms with Gasteiger partial charge in [0.15, 0.2) is 0 Å². The highest BCUT2D eigenvalue weighted by atomic mass is 16.6. The molecule has 0 N–H and O–H groups in total. The first-order valence-corrected chi connectivity index (χ1v) is 5.10. The molecule has 0 heterocycles. The molecule has 80 valence electrons. The molecule has 1 rings (SSSR count). The van der Waals surface area contributed by atoms with E-state index in [9.17, 15) is 9.59 Å². The zero-order chi connectivity index (χ0) is 10.8. The van der Waals surface area contributed by atoms with Gasteiger partial charge in [-0.15, -0.1) is 0 Å². The van der Waals surface area contributed by atoms with Gasteiger partial charge in [-0.05, 0) is 33.1 Å². The molecule has 0 aromatic rings. The van der Waals surface area contributed by atoms with Gasteiger partial charge in [0, 0.05) is 19.3 Å². The van der Waals surface area contributed by atoms with Crippen LogP contribution in [0, 0.1) is 5.92 Å². The van der Waals surface area contributed by atoms with Gasteiger partial charge < -0.3 is 4.74 Å². The molecule has 1 atom stereocenters. The predicted molar refractivity (Wildman–Crippen MR) is 52.8 cm³/mol. The van der Waals surface area contributed by atoms with Crippen LogP contribution in [0.25, 0.3) is 0 Å². The lowest BCUT2D eigenvalue weighted by Crippen LogP contribution is -2.24. The van der Waals surface area contributed by atoms with Crippen molar-refractivity contribution in [3.63, 3.8) is 0 Å². The minimum Gasteiger partial charge on any atom is -0.460 e. The number of carbonyl (C=O) groups is 2. The summed E-state index contributed by atoms with van der Waals surface area (Å²) in [5, 5.41) is 0. The van der Waals surface area contributed by atoms with Gasteiger partial charge in [-0.2, -0.15) is 0 Å². The van der Waals surface area contributed by atoms with Gasteiger partial charge in [-0.3, -0.25) is 9.59 Å². The molecule has 0 saturated heterocycles. The molecule has 1 aliphatic carbocycles. The van der Waals surface area contributed by atoms with Gasteiger partial charge in [-0.25, -0.2) is 0 Å². The van der Waals surface area contributed by atoms with Gasteiger partial charge in [0.05, 0.1) is 0 Å². The molecule has 3 nitrogen and oxygen atoms in total. The first kappa shape index (κ1) is 11.2. The Morgan fingerprint density at radius 3 is 2.57 bits per heavy atom. The number of carbonyl (C=O) groups excluding carboxylic acids is 2. The molecule has 0 aliphatic heterocycles. The second kappa shape index (κ2) is 4.11. The number of hydrogen-bond donors (Lipinski definition) is 0. The summed E-state index contributed by atoms with van der Waals surface area (Å²) < 4.78 is 5.18. The summed E-state index contributed by atoms with van der Waals surface area (Å²) in [6, 6.07) is 0. The van der Waals surface area contributed by atoms with Crippen LogP contribution < -0.4 is 0 Å². The van der Waals surface area contributed by atoms with Gasteiger partial charge in [0.2, 0.25) is 0 Å².